The average Bonchev–Trinajstić information content (AvgIpc) is 3.57. The van der Waals surface area contributed by atoms with Crippen LogP contribution in [0.5, 0.6) is 0 Å². The molecule has 0 spiro atoms. The third-order valence-electron chi connectivity index (χ3n) is 6.86. The van der Waals surface area contributed by atoms with Crippen LogP contribution >= 0.6 is 0 Å². The second-order valence-electron chi connectivity index (χ2n) is 8.94. The van der Waals surface area contributed by atoms with Crippen molar-refractivity contribution in [2.24, 2.45) is 0 Å². The van der Waals surface area contributed by atoms with Crippen LogP contribution in [0.4, 0.5) is 0 Å². The van der Waals surface area contributed by atoms with E-state index in [0.29, 0.717) is 0 Å². The van der Waals surface area contributed by atoms with E-state index in [2.05, 4.69) is 48.5 Å². The van der Waals surface area contributed by atoms with Gasteiger partial charge in [-0.15, -0.1) is 30.0 Å². The van der Waals surface area contributed by atoms with Gasteiger partial charge < -0.3 is 0 Å². The molecule has 6 heteroatoms. The summed E-state index contributed by atoms with van der Waals surface area (Å²) in [5.74, 6) is 0. The zero-order valence-corrected chi connectivity index (χ0v) is 19.1. The minimum Gasteiger partial charge on any atom is -0.150 e. The Morgan fingerprint density at radius 2 is 0.806 bits per heavy atom. The number of fused-ring (bicyclic) bond motifs is 7. The molecule has 0 atom stereocenters. The number of hydrogen-bond acceptors (Lipinski definition) is 4. The summed E-state index contributed by atoms with van der Waals surface area (Å²) in [6.07, 6.45) is 0. The molecule has 0 fully saturated rings. The molecule has 0 amide bonds. The Hall–Kier alpha value is -5.10. The molecule has 168 valence electrons. The van der Waals surface area contributed by atoms with Crippen LogP contribution in [-0.2, 0) is 0 Å². The number of benzene rings is 6. The maximum atomic E-state index is 4.90. The van der Waals surface area contributed by atoms with E-state index in [1.807, 2.05) is 60.7 Å². The minimum atomic E-state index is 0.869. The molecule has 0 bridgehead atoms. The van der Waals surface area contributed by atoms with E-state index in [0.717, 1.165) is 65.8 Å². The van der Waals surface area contributed by atoms with Crippen LogP contribution in [0.25, 0.3) is 65.8 Å². The van der Waals surface area contributed by atoms with Gasteiger partial charge in [0, 0.05) is 21.5 Å². The van der Waals surface area contributed by atoms with Gasteiger partial charge >= 0.3 is 0 Å². The molecule has 36 heavy (non-hydrogen) atoms. The van der Waals surface area contributed by atoms with Gasteiger partial charge in [-0.2, -0.15) is 0 Å². The first-order valence-corrected chi connectivity index (χ1v) is 11.9. The number of rotatable bonds is 2. The first kappa shape index (κ1) is 19.2. The quantitative estimate of drug-likeness (QED) is 0.290. The lowest BCUT2D eigenvalue weighted by atomic mass is 10.1. The summed E-state index contributed by atoms with van der Waals surface area (Å²) in [4.78, 5) is 3.48. The molecule has 0 unspecified atom stereocenters. The number of aromatic nitrogens is 6. The lowest BCUT2D eigenvalue weighted by Gasteiger charge is -2.09. The summed E-state index contributed by atoms with van der Waals surface area (Å²) in [5.41, 5.74) is 5.36. The molecule has 8 aromatic rings. The molecule has 0 saturated heterocycles. The van der Waals surface area contributed by atoms with Gasteiger partial charge in [0.25, 0.3) is 0 Å². The molecule has 0 saturated carbocycles. The van der Waals surface area contributed by atoms with Crippen LogP contribution in [-0.4, -0.2) is 30.0 Å². The Kier molecular flexibility index (Phi) is 3.85. The fourth-order valence-electron chi connectivity index (χ4n) is 5.14. The third kappa shape index (κ3) is 2.72. The topological polar surface area (TPSA) is 61.4 Å². The first-order chi connectivity index (χ1) is 17.8. The molecule has 8 rings (SSSR count). The maximum Gasteiger partial charge on any atom is 0.121 e. The van der Waals surface area contributed by atoms with E-state index < -0.39 is 0 Å². The van der Waals surface area contributed by atoms with Gasteiger partial charge in [-0.1, -0.05) is 84.9 Å². The van der Waals surface area contributed by atoms with Crippen LogP contribution in [0.1, 0.15) is 0 Å². The standard InChI is InChI=1S/C30H18N6/c1-3-9-21-19(7-1)15-17-25-29(21)33-35(31-25)27-13-5-12-24-23(27)11-6-14-28(24)36-32-26-18-16-20-8-2-4-10-22(20)30(26)34-36/h1-18H. The molecule has 2 aromatic heterocycles. The summed E-state index contributed by atoms with van der Waals surface area (Å²) in [6.45, 7) is 0. The second-order valence-corrected chi connectivity index (χ2v) is 8.94. The summed E-state index contributed by atoms with van der Waals surface area (Å²) in [6, 6.07) is 37.1. The van der Waals surface area contributed by atoms with Crippen molar-refractivity contribution >= 4 is 54.4 Å². The molecule has 0 aliphatic carbocycles. The summed E-state index contributed by atoms with van der Waals surface area (Å²) in [7, 11) is 0. The van der Waals surface area contributed by atoms with Crippen molar-refractivity contribution in [3.05, 3.63) is 109 Å². The van der Waals surface area contributed by atoms with E-state index in [-0.39, 0.29) is 0 Å². The Morgan fingerprint density at radius 1 is 0.361 bits per heavy atom. The van der Waals surface area contributed by atoms with Gasteiger partial charge in [0.1, 0.15) is 22.1 Å². The number of nitrogens with zero attached hydrogens (tertiary/aromatic N) is 6. The molecular weight excluding hydrogens is 444 g/mol. The Morgan fingerprint density at radius 3 is 1.31 bits per heavy atom. The van der Waals surface area contributed by atoms with Gasteiger partial charge in [0.2, 0.25) is 0 Å². The highest BCUT2D eigenvalue weighted by molar-refractivity contribution is 6.05. The van der Waals surface area contributed by atoms with Crippen molar-refractivity contribution in [2.45, 2.75) is 0 Å². The zero-order chi connectivity index (χ0) is 23.6. The van der Waals surface area contributed by atoms with Gasteiger partial charge in [0.05, 0.1) is 11.4 Å². The van der Waals surface area contributed by atoms with Gasteiger partial charge in [-0.25, -0.2) is 0 Å². The Labute approximate surface area is 205 Å². The smallest absolute Gasteiger partial charge is 0.121 e. The van der Waals surface area contributed by atoms with Crippen molar-refractivity contribution in [3.8, 4) is 11.4 Å². The monoisotopic (exact) mass is 462 g/mol. The van der Waals surface area contributed by atoms with Crippen molar-refractivity contribution < 1.29 is 0 Å². The summed E-state index contributed by atoms with van der Waals surface area (Å²) >= 11 is 0. The zero-order valence-electron chi connectivity index (χ0n) is 19.1. The molecular formula is C30H18N6. The van der Waals surface area contributed by atoms with Crippen molar-refractivity contribution in [2.75, 3.05) is 0 Å². The van der Waals surface area contributed by atoms with E-state index in [1.165, 1.54) is 0 Å². The largest absolute Gasteiger partial charge is 0.150 e. The SMILES string of the molecule is c1ccc2c(c1)ccc1nn(-c3cccc4c(-n5nc6ccc7ccccc7c6n5)cccc34)nc12. The normalized spacial score (nSPS) is 11.9. The highest BCUT2D eigenvalue weighted by Gasteiger charge is 2.14. The fourth-order valence-corrected chi connectivity index (χ4v) is 5.14. The van der Waals surface area contributed by atoms with Crippen LogP contribution in [0.2, 0.25) is 0 Å². The minimum absolute atomic E-state index is 0.869. The average molecular weight is 463 g/mol. The summed E-state index contributed by atoms with van der Waals surface area (Å²) < 4.78 is 0. The van der Waals surface area contributed by atoms with Crippen LogP contribution < -0.4 is 0 Å². The van der Waals surface area contributed by atoms with Crippen LogP contribution in [0.3, 0.4) is 0 Å². The van der Waals surface area contributed by atoms with Crippen molar-refractivity contribution in [1.29, 1.82) is 0 Å². The highest BCUT2D eigenvalue weighted by Crippen LogP contribution is 2.30. The van der Waals surface area contributed by atoms with E-state index >= 15 is 0 Å². The Balaban J connectivity index is 1.34. The second kappa shape index (κ2) is 7.20. The van der Waals surface area contributed by atoms with Gasteiger partial charge in [-0.05, 0) is 35.0 Å². The predicted molar refractivity (Wildman–Crippen MR) is 144 cm³/mol. The van der Waals surface area contributed by atoms with Crippen LogP contribution in [0, 0.1) is 0 Å². The van der Waals surface area contributed by atoms with E-state index in [9.17, 15) is 0 Å². The van der Waals surface area contributed by atoms with E-state index in [1.54, 1.807) is 9.59 Å². The van der Waals surface area contributed by atoms with Crippen molar-refractivity contribution in [3.63, 3.8) is 0 Å². The first-order valence-electron chi connectivity index (χ1n) is 11.9. The molecule has 0 N–H and O–H groups in total. The molecule has 6 aromatic carbocycles. The van der Waals surface area contributed by atoms with Gasteiger partial charge in [-0.3, -0.25) is 0 Å². The Bertz CT molecular complexity index is 1970. The van der Waals surface area contributed by atoms with E-state index in [4.69, 9.17) is 20.4 Å². The molecule has 0 radical (unpaired) electrons. The third-order valence-corrected chi connectivity index (χ3v) is 6.86. The van der Waals surface area contributed by atoms with Crippen LogP contribution in [0.15, 0.2) is 109 Å². The predicted octanol–water partition coefficient (Wildman–Crippen LogP) is 6.61. The highest BCUT2D eigenvalue weighted by atomic mass is 15.5. The van der Waals surface area contributed by atoms with Crippen molar-refractivity contribution in [1.82, 2.24) is 30.0 Å². The fraction of sp³-hybridized carbons (Fsp3) is 0. The molecule has 6 nitrogen and oxygen atoms in total. The summed E-state index contributed by atoms with van der Waals surface area (Å²) in [5, 5.41) is 26.0. The molecule has 2 heterocycles. The number of hydrogen-bond donors (Lipinski definition) is 0. The lowest BCUT2D eigenvalue weighted by molar-refractivity contribution is 0.767. The molecule has 0 aliphatic heterocycles. The maximum absolute atomic E-state index is 4.90. The lowest BCUT2D eigenvalue weighted by Crippen LogP contribution is -2.03. The van der Waals surface area contributed by atoms with Gasteiger partial charge in [0.15, 0.2) is 0 Å². The molecule has 0 aliphatic rings.